The monoisotopic (exact) mass is 397 g/mol. The van der Waals surface area contributed by atoms with E-state index in [0.717, 1.165) is 18.5 Å². The zero-order chi connectivity index (χ0) is 21.1. The summed E-state index contributed by atoms with van der Waals surface area (Å²) in [5.41, 5.74) is 1.99. The van der Waals surface area contributed by atoms with Crippen LogP contribution in [0.2, 0.25) is 0 Å². The number of rotatable bonds is 11. The Morgan fingerprint density at radius 2 is 1.76 bits per heavy atom. The summed E-state index contributed by atoms with van der Waals surface area (Å²) in [6.07, 6.45) is 2.01. The minimum atomic E-state index is -0.183. The number of carbonyl (C=O) groups excluding carboxylic acids is 2. The van der Waals surface area contributed by atoms with Crippen LogP contribution in [0.25, 0.3) is 0 Å². The highest BCUT2D eigenvalue weighted by molar-refractivity contribution is 5.96. The van der Waals surface area contributed by atoms with Gasteiger partial charge in [0.25, 0.3) is 5.91 Å². The molecule has 0 atom stereocenters. The van der Waals surface area contributed by atoms with E-state index in [4.69, 9.17) is 4.74 Å². The van der Waals surface area contributed by atoms with Gasteiger partial charge in [0.15, 0.2) is 0 Å². The molecule has 2 N–H and O–H groups in total. The van der Waals surface area contributed by atoms with Crippen molar-refractivity contribution >= 4 is 23.2 Å². The van der Waals surface area contributed by atoms with Gasteiger partial charge in [-0.25, -0.2) is 0 Å². The molecule has 0 aliphatic rings. The Hall–Kier alpha value is -3.02. The summed E-state index contributed by atoms with van der Waals surface area (Å²) in [5.74, 6) is 0.472. The Labute approximate surface area is 173 Å². The zero-order valence-corrected chi connectivity index (χ0v) is 17.5. The molecular formula is C23H31N3O3. The number of nitrogens with zero attached hydrogens (tertiary/aromatic N) is 1. The molecule has 2 aromatic rings. The van der Waals surface area contributed by atoms with E-state index in [1.165, 1.54) is 0 Å². The number of benzene rings is 2. The molecule has 6 nitrogen and oxygen atoms in total. The second-order valence-corrected chi connectivity index (χ2v) is 6.66. The van der Waals surface area contributed by atoms with Gasteiger partial charge in [0.05, 0.1) is 18.8 Å². The minimum Gasteiger partial charge on any atom is -0.491 e. The van der Waals surface area contributed by atoms with Crippen molar-refractivity contribution < 1.29 is 14.3 Å². The van der Waals surface area contributed by atoms with Crippen LogP contribution in [0.3, 0.4) is 0 Å². The summed E-state index contributed by atoms with van der Waals surface area (Å²) >= 11 is 0. The van der Waals surface area contributed by atoms with Crippen LogP contribution in [0.5, 0.6) is 5.75 Å². The van der Waals surface area contributed by atoms with Gasteiger partial charge < -0.3 is 20.3 Å². The predicted octanol–water partition coefficient (Wildman–Crippen LogP) is 4.40. The fraction of sp³-hybridized carbons (Fsp3) is 0.391. The molecule has 0 saturated carbocycles. The maximum Gasteiger partial charge on any atom is 0.253 e. The average Bonchev–Trinajstić information content (AvgIpc) is 2.74. The Bertz CT molecular complexity index is 803. The minimum absolute atomic E-state index is 0.0127. The predicted molar refractivity (Wildman–Crippen MR) is 118 cm³/mol. The third kappa shape index (κ3) is 6.82. The zero-order valence-electron chi connectivity index (χ0n) is 17.5. The second kappa shape index (κ2) is 11.7. The smallest absolute Gasteiger partial charge is 0.253 e. The van der Waals surface area contributed by atoms with Crippen LogP contribution in [-0.4, -0.2) is 43.0 Å². The molecule has 156 valence electrons. The van der Waals surface area contributed by atoms with Crippen LogP contribution in [0, 0.1) is 0 Å². The number of carbonyl (C=O) groups is 2. The topological polar surface area (TPSA) is 70.7 Å². The van der Waals surface area contributed by atoms with Crippen LogP contribution in [0.1, 0.15) is 44.0 Å². The number of hydrogen-bond donors (Lipinski definition) is 2. The van der Waals surface area contributed by atoms with Crippen molar-refractivity contribution in [2.24, 2.45) is 0 Å². The highest BCUT2D eigenvalue weighted by Crippen LogP contribution is 2.24. The molecule has 0 heterocycles. The molecule has 29 heavy (non-hydrogen) atoms. The molecule has 2 aromatic carbocycles. The second-order valence-electron chi connectivity index (χ2n) is 6.66. The number of hydrogen-bond acceptors (Lipinski definition) is 4. The molecular weight excluding hydrogens is 366 g/mol. The Kier molecular flexibility index (Phi) is 9.02. The molecule has 0 bridgehead atoms. The Morgan fingerprint density at radius 1 is 1.00 bits per heavy atom. The van der Waals surface area contributed by atoms with Crippen LogP contribution >= 0.6 is 0 Å². The van der Waals surface area contributed by atoms with E-state index in [9.17, 15) is 9.59 Å². The van der Waals surface area contributed by atoms with Gasteiger partial charge in [-0.2, -0.15) is 0 Å². The van der Waals surface area contributed by atoms with Gasteiger partial charge in [-0.1, -0.05) is 31.5 Å². The maximum absolute atomic E-state index is 12.5. The lowest BCUT2D eigenvalue weighted by Gasteiger charge is -2.19. The van der Waals surface area contributed by atoms with Crippen molar-refractivity contribution in [1.82, 2.24) is 4.90 Å². The van der Waals surface area contributed by atoms with E-state index in [1.807, 2.05) is 50.2 Å². The lowest BCUT2D eigenvalue weighted by Crippen LogP contribution is -2.30. The van der Waals surface area contributed by atoms with Crippen molar-refractivity contribution in [3.05, 3.63) is 54.1 Å². The fourth-order valence-electron chi connectivity index (χ4n) is 2.85. The van der Waals surface area contributed by atoms with Crippen LogP contribution in [-0.2, 0) is 4.79 Å². The van der Waals surface area contributed by atoms with Gasteiger partial charge in [0, 0.05) is 24.3 Å². The number of amides is 2. The summed E-state index contributed by atoms with van der Waals surface area (Å²) < 4.78 is 5.75. The van der Waals surface area contributed by atoms with E-state index >= 15 is 0 Å². The molecule has 2 amide bonds. The van der Waals surface area contributed by atoms with Gasteiger partial charge in [0.1, 0.15) is 5.75 Å². The van der Waals surface area contributed by atoms with Crippen molar-refractivity contribution in [3.63, 3.8) is 0 Å². The normalized spacial score (nSPS) is 10.3. The summed E-state index contributed by atoms with van der Waals surface area (Å²) in [5, 5.41) is 5.96. The average molecular weight is 398 g/mol. The number of para-hydroxylation sites is 2. The maximum atomic E-state index is 12.5. The molecule has 0 saturated heterocycles. The Balaban J connectivity index is 1.95. The molecule has 0 aliphatic heterocycles. The quantitative estimate of drug-likeness (QED) is 0.552. The van der Waals surface area contributed by atoms with Gasteiger partial charge in [-0.15, -0.1) is 0 Å². The largest absolute Gasteiger partial charge is 0.491 e. The van der Waals surface area contributed by atoms with Crippen LogP contribution in [0.4, 0.5) is 11.4 Å². The van der Waals surface area contributed by atoms with Crippen molar-refractivity contribution in [3.8, 4) is 5.75 Å². The first-order valence-electron chi connectivity index (χ1n) is 10.2. The van der Waals surface area contributed by atoms with E-state index in [2.05, 4.69) is 17.6 Å². The van der Waals surface area contributed by atoms with Gasteiger partial charge in [0.2, 0.25) is 5.91 Å². The lowest BCUT2D eigenvalue weighted by atomic mass is 10.1. The molecule has 0 aliphatic carbocycles. The standard InChI is InChI=1S/C23H31N3O3/c1-4-7-15-29-21-14-9-8-13-20(21)25-22(27)17-24-19-12-10-11-18(16-19)23(28)26(5-2)6-3/h8-14,16,24H,4-7,15,17H2,1-3H3,(H,25,27). The third-order valence-electron chi connectivity index (χ3n) is 4.53. The first kappa shape index (κ1) is 22.3. The molecule has 0 aromatic heterocycles. The van der Waals surface area contributed by atoms with E-state index in [-0.39, 0.29) is 18.4 Å². The molecule has 0 unspecified atom stereocenters. The SMILES string of the molecule is CCCCOc1ccccc1NC(=O)CNc1cccc(C(=O)N(CC)CC)c1. The highest BCUT2D eigenvalue weighted by Gasteiger charge is 2.13. The number of unbranched alkanes of at least 4 members (excludes halogenated alkanes) is 1. The van der Waals surface area contributed by atoms with E-state index in [0.29, 0.717) is 36.7 Å². The van der Waals surface area contributed by atoms with Gasteiger partial charge >= 0.3 is 0 Å². The first-order chi connectivity index (χ1) is 14.1. The molecule has 0 spiro atoms. The number of ether oxygens (including phenoxy) is 1. The van der Waals surface area contributed by atoms with E-state index < -0.39 is 0 Å². The van der Waals surface area contributed by atoms with E-state index in [1.54, 1.807) is 17.0 Å². The number of nitrogens with one attached hydrogen (secondary N) is 2. The molecule has 6 heteroatoms. The number of anilines is 2. The summed E-state index contributed by atoms with van der Waals surface area (Å²) in [7, 11) is 0. The summed E-state index contributed by atoms with van der Waals surface area (Å²) in [6.45, 7) is 8.05. The fourth-order valence-corrected chi connectivity index (χ4v) is 2.85. The van der Waals surface area contributed by atoms with Crippen molar-refractivity contribution in [2.75, 3.05) is 36.9 Å². The summed E-state index contributed by atoms with van der Waals surface area (Å²) in [4.78, 5) is 26.6. The summed E-state index contributed by atoms with van der Waals surface area (Å²) in [6, 6.07) is 14.6. The van der Waals surface area contributed by atoms with Crippen LogP contribution in [0.15, 0.2) is 48.5 Å². The van der Waals surface area contributed by atoms with Crippen LogP contribution < -0.4 is 15.4 Å². The molecule has 0 radical (unpaired) electrons. The lowest BCUT2D eigenvalue weighted by molar-refractivity contribution is -0.114. The molecule has 0 fully saturated rings. The first-order valence-corrected chi connectivity index (χ1v) is 10.2. The molecule has 2 rings (SSSR count). The third-order valence-corrected chi connectivity index (χ3v) is 4.53. The van der Waals surface area contributed by atoms with Crippen molar-refractivity contribution in [2.45, 2.75) is 33.6 Å². The van der Waals surface area contributed by atoms with Gasteiger partial charge in [-0.3, -0.25) is 9.59 Å². The highest BCUT2D eigenvalue weighted by atomic mass is 16.5. The van der Waals surface area contributed by atoms with Crippen molar-refractivity contribution in [1.29, 1.82) is 0 Å². The van der Waals surface area contributed by atoms with Gasteiger partial charge in [-0.05, 0) is 50.6 Å². The Morgan fingerprint density at radius 3 is 2.48 bits per heavy atom.